The topological polar surface area (TPSA) is 63.6 Å². The summed E-state index contributed by atoms with van der Waals surface area (Å²) in [6.07, 6.45) is 0.348. The van der Waals surface area contributed by atoms with Gasteiger partial charge in [-0.3, -0.25) is 4.18 Å². The highest BCUT2D eigenvalue weighted by Gasteiger charge is 2.30. The predicted octanol–water partition coefficient (Wildman–Crippen LogP) is 3.00. The molecular weight excluding hydrogens is 300 g/mol. The molecule has 2 aromatic carbocycles. The van der Waals surface area contributed by atoms with Gasteiger partial charge in [0.15, 0.2) is 0 Å². The van der Waals surface area contributed by atoms with E-state index >= 15 is 0 Å². The van der Waals surface area contributed by atoms with E-state index in [1.54, 1.807) is 43.3 Å². The van der Waals surface area contributed by atoms with Gasteiger partial charge in [0.05, 0.1) is 11.5 Å². The van der Waals surface area contributed by atoms with Crippen molar-refractivity contribution in [1.82, 2.24) is 0 Å². The average Bonchev–Trinajstić information content (AvgIpc) is 2.54. The third kappa shape index (κ3) is 3.74. The van der Waals surface area contributed by atoms with Crippen LogP contribution >= 0.6 is 0 Å². The number of rotatable bonds is 6. The van der Waals surface area contributed by atoms with Crippen LogP contribution < -0.4 is 0 Å². The smallest absolute Gasteiger partial charge is 0.297 e. The highest BCUT2D eigenvalue weighted by Crippen LogP contribution is 2.26. The van der Waals surface area contributed by atoms with Gasteiger partial charge in [-0.2, -0.15) is 8.42 Å². The van der Waals surface area contributed by atoms with Crippen LogP contribution in [-0.2, 0) is 19.9 Å². The van der Waals surface area contributed by atoms with Gasteiger partial charge in [-0.15, -0.1) is 0 Å². The van der Waals surface area contributed by atoms with Crippen molar-refractivity contribution in [3.8, 4) is 0 Å². The molecule has 22 heavy (non-hydrogen) atoms. The van der Waals surface area contributed by atoms with Gasteiger partial charge in [0, 0.05) is 0 Å². The van der Waals surface area contributed by atoms with Gasteiger partial charge >= 0.3 is 0 Å². The van der Waals surface area contributed by atoms with E-state index in [2.05, 4.69) is 0 Å². The fourth-order valence-electron chi connectivity index (χ4n) is 2.09. The molecule has 0 spiro atoms. The Morgan fingerprint density at radius 2 is 1.64 bits per heavy atom. The van der Waals surface area contributed by atoms with E-state index in [0.29, 0.717) is 12.0 Å². The Kier molecular flexibility index (Phi) is 5.01. The van der Waals surface area contributed by atoms with Crippen molar-refractivity contribution in [1.29, 1.82) is 0 Å². The van der Waals surface area contributed by atoms with E-state index in [1.165, 1.54) is 12.1 Å². The Labute approximate surface area is 131 Å². The van der Waals surface area contributed by atoms with Crippen molar-refractivity contribution in [3.63, 3.8) is 0 Å². The number of benzene rings is 2. The van der Waals surface area contributed by atoms with Crippen molar-refractivity contribution < 1.29 is 17.7 Å². The van der Waals surface area contributed by atoms with Crippen LogP contribution in [0.4, 0.5) is 0 Å². The minimum atomic E-state index is -3.89. The van der Waals surface area contributed by atoms with Gasteiger partial charge in [-0.05, 0) is 31.0 Å². The SMILES string of the molecule is CCC(O)(COS(=O)(=O)c1ccc(C)cc1)c1ccccc1. The largest absolute Gasteiger partial charge is 0.383 e. The first kappa shape index (κ1) is 16.7. The number of aliphatic hydroxyl groups is 1. The van der Waals surface area contributed by atoms with E-state index in [0.717, 1.165) is 5.56 Å². The molecule has 0 aliphatic rings. The maximum absolute atomic E-state index is 12.2. The van der Waals surface area contributed by atoms with Crippen LogP contribution in [-0.4, -0.2) is 20.1 Å². The lowest BCUT2D eigenvalue weighted by molar-refractivity contribution is -0.0110. The lowest BCUT2D eigenvalue weighted by Crippen LogP contribution is -2.32. The summed E-state index contributed by atoms with van der Waals surface area (Å²) in [6, 6.07) is 15.4. The van der Waals surface area contributed by atoms with Crippen LogP contribution in [0, 0.1) is 6.92 Å². The maximum atomic E-state index is 12.2. The molecule has 1 N–H and O–H groups in total. The minimum absolute atomic E-state index is 0.0876. The molecule has 0 aliphatic heterocycles. The zero-order valence-corrected chi connectivity index (χ0v) is 13.5. The van der Waals surface area contributed by atoms with Gasteiger partial charge in [0.1, 0.15) is 5.60 Å². The molecule has 1 unspecified atom stereocenters. The van der Waals surface area contributed by atoms with Crippen molar-refractivity contribution in [2.45, 2.75) is 30.8 Å². The predicted molar refractivity (Wildman–Crippen MR) is 84.9 cm³/mol. The molecule has 118 valence electrons. The molecule has 0 aliphatic carbocycles. The monoisotopic (exact) mass is 320 g/mol. The first-order valence-corrected chi connectivity index (χ1v) is 8.52. The highest BCUT2D eigenvalue weighted by atomic mass is 32.2. The molecule has 0 saturated carbocycles. The summed E-state index contributed by atoms with van der Waals surface area (Å²) in [5.74, 6) is 0. The second-order valence-corrected chi connectivity index (χ2v) is 6.90. The fourth-order valence-corrected chi connectivity index (χ4v) is 3.04. The molecule has 1 atom stereocenters. The molecule has 2 aromatic rings. The normalized spacial score (nSPS) is 14.5. The molecule has 0 radical (unpaired) electrons. The van der Waals surface area contributed by atoms with Crippen molar-refractivity contribution >= 4 is 10.1 Å². The molecular formula is C17H20O4S. The van der Waals surface area contributed by atoms with Crippen LogP contribution in [0.2, 0.25) is 0 Å². The van der Waals surface area contributed by atoms with Crippen molar-refractivity contribution in [2.24, 2.45) is 0 Å². The van der Waals surface area contributed by atoms with Crippen LogP contribution in [0.1, 0.15) is 24.5 Å². The molecule has 0 saturated heterocycles. The first-order chi connectivity index (χ1) is 10.4. The molecule has 5 heteroatoms. The molecule has 0 bridgehead atoms. The van der Waals surface area contributed by atoms with E-state index in [9.17, 15) is 13.5 Å². The van der Waals surface area contributed by atoms with E-state index in [4.69, 9.17) is 4.18 Å². The molecule has 4 nitrogen and oxygen atoms in total. The second kappa shape index (κ2) is 6.60. The van der Waals surface area contributed by atoms with E-state index < -0.39 is 15.7 Å². The van der Waals surface area contributed by atoms with Crippen LogP contribution in [0.5, 0.6) is 0 Å². The molecule has 0 amide bonds. The summed E-state index contributed by atoms with van der Waals surface area (Å²) >= 11 is 0. The number of hydrogen-bond donors (Lipinski definition) is 1. The Balaban J connectivity index is 2.18. The third-order valence-corrected chi connectivity index (χ3v) is 4.94. The zero-order valence-electron chi connectivity index (χ0n) is 12.7. The third-order valence-electron chi connectivity index (χ3n) is 3.66. The molecule has 2 rings (SSSR count). The maximum Gasteiger partial charge on any atom is 0.297 e. The quantitative estimate of drug-likeness (QED) is 0.831. The highest BCUT2D eigenvalue weighted by molar-refractivity contribution is 7.86. The average molecular weight is 320 g/mol. The lowest BCUT2D eigenvalue weighted by atomic mass is 9.92. The second-order valence-electron chi connectivity index (χ2n) is 5.28. The number of hydrogen-bond acceptors (Lipinski definition) is 4. The summed E-state index contributed by atoms with van der Waals surface area (Å²) in [4.78, 5) is 0.0876. The Hall–Kier alpha value is -1.69. The summed E-state index contributed by atoms with van der Waals surface area (Å²) in [7, 11) is -3.89. The van der Waals surface area contributed by atoms with Gasteiger partial charge in [0.2, 0.25) is 0 Å². The van der Waals surface area contributed by atoms with Crippen LogP contribution in [0.15, 0.2) is 59.5 Å². The van der Waals surface area contributed by atoms with Gasteiger partial charge < -0.3 is 5.11 Å². The Morgan fingerprint density at radius 3 is 2.18 bits per heavy atom. The van der Waals surface area contributed by atoms with E-state index in [-0.39, 0.29) is 11.5 Å². The van der Waals surface area contributed by atoms with Crippen molar-refractivity contribution in [3.05, 3.63) is 65.7 Å². The van der Waals surface area contributed by atoms with E-state index in [1.807, 2.05) is 13.0 Å². The van der Waals surface area contributed by atoms with Gasteiger partial charge in [0.25, 0.3) is 10.1 Å². The lowest BCUT2D eigenvalue weighted by Gasteiger charge is -2.26. The zero-order chi connectivity index (χ0) is 16.2. The molecule has 0 heterocycles. The Bertz CT molecular complexity index is 708. The Morgan fingerprint density at radius 1 is 1.05 bits per heavy atom. The van der Waals surface area contributed by atoms with Gasteiger partial charge in [-0.25, -0.2) is 0 Å². The molecule has 0 aromatic heterocycles. The summed E-state index contributed by atoms with van der Waals surface area (Å²) in [6.45, 7) is 3.35. The van der Waals surface area contributed by atoms with Crippen molar-refractivity contribution in [2.75, 3.05) is 6.61 Å². The minimum Gasteiger partial charge on any atom is -0.383 e. The standard InChI is InChI=1S/C17H20O4S/c1-3-17(18,15-7-5-4-6-8-15)13-21-22(19,20)16-11-9-14(2)10-12-16/h4-12,18H,3,13H2,1-2H3. The fraction of sp³-hybridized carbons (Fsp3) is 0.294. The summed E-state index contributed by atoms with van der Waals surface area (Å²) < 4.78 is 29.5. The summed E-state index contributed by atoms with van der Waals surface area (Å²) in [5, 5.41) is 10.7. The van der Waals surface area contributed by atoms with Crippen LogP contribution in [0.3, 0.4) is 0 Å². The van der Waals surface area contributed by atoms with Crippen LogP contribution in [0.25, 0.3) is 0 Å². The summed E-state index contributed by atoms with van der Waals surface area (Å²) in [5.41, 5.74) is 0.267. The van der Waals surface area contributed by atoms with Gasteiger partial charge in [-0.1, -0.05) is 55.0 Å². The molecule has 0 fully saturated rings. The number of aryl methyl sites for hydroxylation is 1. The first-order valence-electron chi connectivity index (χ1n) is 7.11.